The lowest BCUT2D eigenvalue weighted by molar-refractivity contribution is -0.137. The second-order valence-electron chi connectivity index (χ2n) is 7.59. The molecule has 0 aliphatic carbocycles. The Bertz CT molecular complexity index is 1220. The minimum atomic E-state index is -0.846. The van der Waals surface area contributed by atoms with E-state index in [0.717, 1.165) is 16.1 Å². The number of unbranched alkanes of at least 4 members (excludes halogenated alkanes) is 1. The summed E-state index contributed by atoms with van der Waals surface area (Å²) in [6.07, 6.45) is 1.74. The van der Waals surface area contributed by atoms with Crippen LogP contribution in [0.15, 0.2) is 65.1 Å². The van der Waals surface area contributed by atoms with Crippen LogP contribution in [0.25, 0.3) is 11.3 Å². The van der Waals surface area contributed by atoms with Gasteiger partial charge in [-0.15, -0.1) is 11.3 Å². The lowest BCUT2D eigenvalue weighted by atomic mass is 10.1. The molecule has 10 heteroatoms. The molecule has 180 valence electrons. The van der Waals surface area contributed by atoms with Crippen molar-refractivity contribution in [3.8, 4) is 11.3 Å². The average Bonchev–Trinajstić information content (AvgIpc) is 3.34. The number of carbonyl (C=O) groups excluding carboxylic acids is 2. The molecule has 0 aliphatic rings. The van der Waals surface area contributed by atoms with Crippen molar-refractivity contribution in [3.05, 3.63) is 71.1 Å². The molecular formula is C25H25N5O4S. The summed E-state index contributed by atoms with van der Waals surface area (Å²) in [6.45, 7) is 2.02. The number of nitrogens with zero attached hydrogens (tertiary/aromatic N) is 3. The second-order valence-corrected chi connectivity index (χ2v) is 8.43. The molecule has 0 bridgehead atoms. The fourth-order valence-electron chi connectivity index (χ4n) is 3.16. The highest BCUT2D eigenvalue weighted by molar-refractivity contribution is 7.14. The number of carbonyl (C=O) groups is 3. The number of aromatic nitrogens is 1. The molecule has 3 aromatic rings. The van der Waals surface area contributed by atoms with Crippen molar-refractivity contribution in [1.29, 1.82) is 5.41 Å². The van der Waals surface area contributed by atoms with Crippen LogP contribution in [-0.4, -0.2) is 46.3 Å². The quantitative estimate of drug-likeness (QED) is 0.151. The monoisotopic (exact) mass is 491 g/mol. The summed E-state index contributed by atoms with van der Waals surface area (Å²) in [5, 5.41) is 27.1. The predicted molar refractivity (Wildman–Crippen MR) is 136 cm³/mol. The second kappa shape index (κ2) is 12.3. The zero-order valence-electron chi connectivity index (χ0n) is 19.1. The van der Waals surface area contributed by atoms with Crippen LogP contribution in [-0.2, 0) is 9.59 Å². The predicted octanol–water partition coefficient (Wildman–Crippen LogP) is 4.20. The van der Waals surface area contributed by atoms with E-state index in [1.54, 1.807) is 36.6 Å². The fraction of sp³-hybridized carbons (Fsp3) is 0.200. The first kappa shape index (κ1) is 25.4. The van der Waals surface area contributed by atoms with Crippen molar-refractivity contribution < 1.29 is 19.5 Å². The summed E-state index contributed by atoms with van der Waals surface area (Å²) in [4.78, 5) is 39.1. The normalized spacial score (nSPS) is 11.1. The molecule has 0 spiro atoms. The zero-order valence-corrected chi connectivity index (χ0v) is 19.9. The maximum atomic E-state index is 12.3. The van der Waals surface area contributed by atoms with Gasteiger partial charge in [0.05, 0.1) is 11.4 Å². The molecule has 2 aromatic carbocycles. The Hall–Kier alpha value is -4.18. The number of hydrogen-bond acceptors (Lipinski definition) is 7. The first-order valence-corrected chi connectivity index (χ1v) is 11.8. The standard InChI is InChI=1S/C25H25N5O4S/c1-17(26)23(19-7-3-2-4-8-19)29-30(16-31)25-28-21(15-35-25)18-10-12-20(13-11-18)24(34)27-14-6-5-9-22(32)33/h2-4,7-8,10-13,15-16,26H,5-6,9,14H2,1H3,(H,27,34)(H,32,33)/b26-17?,29-23+. The Labute approximate surface area is 206 Å². The van der Waals surface area contributed by atoms with Crippen molar-refractivity contribution >= 4 is 46.2 Å². The topological polar surface area (TPSA) is 136 Å². The van der Waals surface area contributed by atoms with Gasteiger partial charge in [-0.1, -0.05) is 42.5 Å². The number of carboxylic acid groups (broad SMARTS) is 1. The molecule has 0 saturated carbocycles. The largest absolute Gasteiger partial charge is 0.481 e. The molecule has 0 aliphatic heterocycles. The Morgan fingerprint density at radius 2 is 1.83 bits per heavy atom. The summed E-state index contributed by atoms with van der Waals surface area (Å²) >= 11 is 1.24. The van der Waals surface area contributed by atoms with Gasteiger partial charge in [0, 0.05) is 35.0 Å². The molecule has 3 rings (SSSR count). The van der Waals surface area contributed by atoms with Crippen LogP contribution >= 0.6 is 11.3 Å². The van der Waals surface area contributed by atoms with E-state index in [4.69, 9.17) is 10.5 Å². The maximum absolute atomic E-state index is 12.3. The Balaban J connectivity index is 1.69. The smallest absolute Gasteiger partial charge is 0.303 e. The van der Waals surface area contributed by atoms with Crippen LogP contribution in [0.5, 0.6) is 0 Å². The van der Waals surface area contributed by atoms with E-state index >= 15 is 0 Å². The third kappa shape index (κ3) is 7.15. The highest BCUT2D eigenvalue weighted by Gasteiger charge is 2.15. The van der Waals surface area contributed by atoms with Crippen LogP contribution in [0.4, 0.5) is 5.13 Å². The van der Waals surface area contributed by atoms with Gasteiger partial charge in [0.1, 0.15) is 5.71 Å². The van der Waals surface area contributed by atoms with Crippen molar-refractivity contribution in [2.45, 2.75) is 26.2 Å². The average molecular weight is 492 g/mol. The van der Waals surface area contributed by atoms with E-state index in [-0.39, 0.29) is 18.0 Å². The number of hydrazone groups is 1. The molecule has 35 heavy (non-hydrogen) atoms. The molecule has 0 saturated heterocycles. The van der Waals surface area contributed by atoms with Crippen molar-refractivity contribution in [3.63, 3.8) is 0 Å². The number of benzene rings is 2. The number of rotatable bonds is 12. The van der Waals surface area contributed by atoms with Gasteiger partial charge in [-0.2, -0.15) is 10.1 Å². The van der Waals surface area contributed by atoms with E-state index < -0.39 is 5.97 Å². The first-order valence-electron chi connectivity index (χ1n) is 10.9. The number of amides is 2. The van der Waals surface area contributed by atoms with Gasteiger partial charge in [0.2, 0.25) is 11.5 Å². The molecule has 2 amide bonds. The van der Waals surface area contributed by atoms with Crippen LogP contribution in [0.1, 0.15) is 42.1 Å². The van der Waals surface area contributed by atoms with Crippen molar-refractivity contribution in [1.82, 2.24) is 10.3 Å². The minimum Gasteiger partial charge on any atom is -0.481 e. The number of nitrogens with one attached hydrogen (secondary N) is 2. The third-order valence-electron chi connectivity index (χ3n) is 4.94. The summed E-state index contributed by atoms with van der Waals surface area (Å²) in [5.74, 6) is -1.08. The molecule has 9 nitrogen and oxygen atoms in total. The molecule has 0 radical (unpaired) electrons. The van der Waals surface area contributed by atoms with Crippen molar-refractivity contribution in [2.24, 2.45) is 5.10 Å². The van der Waals surface area contributed by atoms with Gasteiger partial charge >= 0.3 is 5.97 Å². The lowest BCUT2D eigenvalue weighted by Crippen LogP contribution is -2.24. The van der Waals surface area contributed by atoms with Crippen LogP contribution in [0.2, 0.25) is 0 Å². The van der Waals surface area contributed by atoms with E-state index in [9.17, 15) is 14.4 Å². The van der Waals surface area contributed by atoms with Gasteiger partial charge in [-0.25, -0.2) is 4.98 Å². The molecule has 1 aromatic heterocycles. The zero-order chi connectivity index (χ0) is 25.2. The van der Waals surface area contributed by atoms with Crippen LogP contribution in [0, 0.1) is 5.41 Å². The number of hydrogen-bond donors (Lipinski definition) is 3. The number of carboxylic acids is 1. The molecule has 3 N–H and O–H groups in total. The first-order chi connectivity index (χ1) is 16.9. The number of thiazole rings is 1. The van der Waals surface area contributed by atoms with E-state index in [1.165, 1.54) is 11.3 Å². The van der Waals surface area contributed by atoms with Gasteiger partial charge < -0.3 is 15.8 Å². The highest BCUT2D eigenvalue weighted by Crippen LogP contribution is 2.27. The Morgan fingerprint density at radius 3 is 2.46 bits per heavy atom. The third-order valence-corrected chi connectivity index (χ3v) is 5.77. The molecule has 0 atom stereocenters. The molecule has 1 heterocycles. The summed E-state index contributed by atoms with van der Waals surface area (Å²) in [6, 6.07) is 16.1. The summed E-state index contributed by atoms with van der Waals surface area (Å²) in [7, 11) is 0. The van der Waals surface area contributed by atoms with Gasteiger partial charge in [-0.05, 0) is 31.9 Å². The highest BCUT2D eigenvalue weighted by atomic mass is 32.1. The minimum absolute atomic E-state index is 0.0849. The number of anilines is 1. The van der Waals surface area contributed by atoms with E-state index in [0.29, 0.717) is 47.9 Å². The maximum Gasteiger partial charge on any atom is 0.303 e. The SMILES string of the molecule is CC(=N)/C(=N\N(C=O)c1nc(-c2ccc(C(=O)NCCCCC(=O)O)cc2)cs1)c1ccccc1. The fourth-order valence-corrected chi connectivity index (χ4v) is 3.91. The summed E-state index contributed by atoms with van der Waals surface area (Å²) in [5.41, 5.74) is 3.19. The van der Waals surface area contributed by atoms with Gasteiger partial charge in [0.15, 0.2) is 0 Å². The van der Waals surface area contributed by atoms with Crippen LogP contribution in [0.3, 0.4) is 0 Å². The van der Waals surface area contributed by atoms with E-state index in [1.807, 2.05) is 30.3 Å². The lowest BCUT2D eigenvalue weighted by Gasteiger charge is -2.11. The van der Waals surface area contributed by atoms with Crippen LogP contribution < -0.4 is 10.3 Å². The number of aliphatic carboxylic acids is 1. The molecular weight excluding hydrogens is 466 g/mol. The van der Waals surface area contributed by atoms with Gasteiger partial charge in [-0.3, -0.25) is 14.4 Å². The molecule has 0 unspecified atom stereocenters. The Morgan fingerprint density at radius 1 is 1.11 bits per heavy atom. The molecule has 0 fully saturated rings. The Kier molecular flexibility index (Phi) is 8.96. The van der Waals surface area contributed by atoms with Crippen molar-refractivity contribution in [2.75, 3.05) is 11.6 Å². The summed E-state index contributed by atoms with van der Waals surface area (Å²) < 4.78 is 0. The van der Waals surface area contributed by atoms with E-state index in [2.05, 4.69) is 15.4 Å². The van der Waals surface area contributed by atoms with Gasteiger partial charge in [0.25, 0.3) is 5.91 Å².